The lowest BCUT2D eigenvalue weighted by molar-refractivity contribution is -0.142. The third-order valence-corrected chi connectivity index (χ3v) is 4.31. The van der Waals surface area contributed by atoms with Gasteiger partial charge in [0.1, 0.15) is 18.1 Å². The van der Waals surface area contributed by atoms with Crippen molar-refractivity contribution in [3.05, 3.63) is 0 Å². The lowest BCUT2D eigenvalue weighted by Crippen LogP contribution is -2.56. The number of carboxylic acid groups (broad SMARTS) is 2. The Bertz CT molecular complexity index is 585. The number of hydrogen-bond acceptors (Lipinski definition) is 7. The number of thioether (sulfide) groups is 1. The summed E-state index contributed by atoms with van der Waals surface area (Å²) in [7, 11) is 0. The molecule has 4 unspecified atom stereocenters. The fourth-order valence-electron chi connectivity index (χ4n) is 2.01. The lowest BCUT2D eigenvalue weighted by Gasteiger charge is -2.22. The van der Waals surface area contributed by atoms with E-state index in [1.807, 2.05) is 0 Å². The zero-order chi connectivity index (χ0) is 21.9. The highest BCUT2D eigenvalue weighted by Crippen LogP contribution is 2.03. The molecule has 0 aromatic heterocycles. The second kappa shape index (κ2) is 12.9. The van der Waals surface area contributed by atoms with Crippen molar-refractivity contribution in [3.8, 4) is 0 Å². The predicted molar refractivity (Wildman–Crippen MR) is 103 cm³/mol. The highest BCUT2D eigenvalue weighted by Gasteiger charge is 2.27. The van der Waals surface area contributed by atoms with Crippen LogP contribution in [-0.4, -0.2) is 76.0 Å². The van der Waals surface area contributed by atoms with Gasteiger partial charge >= 0.3 is 11.9 Å². The summed E-state index contributed by atoms with van der Waals surface area (Å²) >= 11 is 1.43. The van der Waals surface area contributed by atoms with Gasteiger partial charge in [-0.3, -0.25) is 19.2 Å². The van der Waals surface area contributed by atoms with Crippen molar-refractivity contribution in [2.24, 2.45) is 5.73 Å². The number of nitrogens with two attached hydrogens (primary N) is 1. The largest absolute Gasteiger partial charge is 0.481 e. The van der Waals surface area contributed by atoms with Crippen LogP contribution in [0, 0.1) is 0 Å². The van der Waals surface area contributed by atoms with Gasteiger partial charge < -0.3 is 31.9 Å². The van der Waals surface area contributed by atoms with Crippen LogP contribution >= 0.6 is 11.8 Å². The molecule has 160 valence electrons. The first-order chi connectivity index (χ1) is 13.0. The van der Waals surface area contributed by atoms with Gasteiger partial charge in [-0.2, -0.15) is 11.8 Å². The van der Waals surface area contributed by atoms with Gasteiger partial charge in [-0.05, 0) is 38.7 Å². The Hall–Kier alpha value is -2.34. The molecule has 0 rings (SSSR count). The first-order valence-corrected chi connectivity index (χ1v) is 9.99. The first-order valence-electron chi connectivity index (χ1n) is 8.59. The van der Waals surface area contributed by atoms with Crippen LogP contribution < -0.4 is 21.7 Å². The summed E-state index contributed by atoms with van der Waals surface area (Å²) in [5.41, 5.74) is 5.43. The van der Waals surface area contributed by atoms with Gasteiger partial charge in [0.05, 0.1) is 6.04 Å². The minimum Gasteiger partial charge on any atom is -0.481 e. The molecule has 0 aliphatic carbocycles. The van der Waals surface area contributed by atoms with Gasteiger partial charge in [-0.1, -0.05) is 0 Å². The number of hydrogen-bond donors (Lipinski definition) is 6. The van der Waals surface area contributed by atoms with Crippen molar-refractivity contribution in [1.29, 1.82) is 0 Å². The van der Waals surface area contributed by atoms with E-state index in [2.05, 4.69) is 16.0 Å². The van der Waals surface area contributed by atoms with Gasteiger partial charge in [0.2, 0.25) is 17.7 Å². The minimum atomic E-state index is -1.20. The van der Waals surface area contributed by atoms with E-state index < -0.39 is 53.8 Å². The molecule has 0 saturated heterocycles. The molecule has 7 N–H and O–H groups in total. The Morgan fingerprint density at radius 2 is 1.46 bits per heavy atom. The average molecular weight is 420 g/mol. The molecule has 0 aliphatic heterocycles. The minimum absolute atomic E-state index is 0.195. The Kier molecular flexibility index (Phi) is 11.9. The highest BCUT2D eigenvalue weighted by atomic mass is 32.2. The van der Waals surface area contributed by atoms with E-state index in [1.54, 1.807) is 6.26 Å². The van der Waals surface area contributed by atoms with E-state index in [0.717, 1.165) is 0 Å². The molecular weight excluding hydrogens is 392 g/mol. The number of amides is 3. The van der Waals surface area contributed by atoms with Gasteiger partial charge in [-0.25, -0.2) is 4.79 Å². The molecule has 0 saturated carbocycles. The molecule has 3 amide bonds. The summed E-state index contributed by atoms with van der Waals surface area (Å²) in [6.07, 6.45) is 1.44. The molecule has 0 spiro atoms. The third-order valence-electron chi connectivity index (χ3n) is 3.67. The molecule has 0 bridgehead atoms. The summed E-state index contributed by atoms with van der Waals surface area (Å²) in [5, 5.41) is 25.0. The second-order valence-corrected chi connectivity index (χ2v) is 7.18. The molecule has 0 radical (unpaired) electrons. The SMILES string of the molecule is CSCCC(NC(=O)C(C)NC(=O)C(CCC(=O)O)NC(=O)C(C)N)C(=O)O. The zero-order valence-corrected chi connectivity index (χ0v) is 16.9. The monoisotopic (exact) mass is 420 g/mol. The maximum Gasteiger partial charge on any atom is 0.326 e. The van der Waals surface area contributed by atoms with Crippen LogP contribution in [0.3, 0.4) is 0 Å². The molecule has 0 heterocycles. The third kappa shape index (κ3) is 10.1. The van der Waals surface area contributed by atoms with E-state index in [0.29, 0.717) is 5.75 Å². The topological polar surface area (TPSA) is 188 Å². The fraction of sp³-hybridized carbons (Fsp3) is 0.688. The van der Waals surface area contributed by atoms with Crippen molar-refractivity contribution in [3.63, 3.8) is 0 Å². The van der Waals surface area contributed by atoms with E-state index in [9.17, 15) is 24.0 Å². The van der Waals surface area contributed by atoms with Crippen LogP contribution in [0.5, 0.6) is 0 Å². The lowest BCUT2D eigenvalue weighted by atomic mass is 10.1. The van der Waals surface area contributed by atoms with Gasteiger partial charge in [0.15, 0.2) is 0 Å². The Morgan fingerprint density at radius 3 is 1.93 bits per heavy atom. The smallest absolute Gasteiger partial charge is 0.326 e. The Labute approximate surface area is 167 Å². The summed E-state index contributed by atoms with van der Waals surface area (Å²) in [6, 6.07) is -4.30. The molecule has 4 atom stereocenters. The maximum atomic E-state index is 12.4. The van der Waals surface area contributed by atoms with E-state index >= 15 is 0 Å². The fourth-order valence-corrected chi connectivity index (χ4v) is 2.48. The second-order valence-electron chi connectivity index (χ2n) is 6.19. The number of nitrogens with one attached hydrogen (secondary N) is 3. The van der Waals surface area contributed by atoms with Crippen molar-refractivity contribution >= 4 is 41.4 Å². The van der Waals surface area contributed by atoms with Gasteiger partial charge in [0.25, 0.3) is 0 Å². The average Bonchev–Trinajstić information content (AvgIpc) is 2.60. The number of carbonyl (C=O) groups is 5. The maximum absolute atomic E-state index is 12.4. The molecular formula is C16H28N4O7S. The quantitative estimate of drug-likeness (QED) is 0.206. The number of carbonyl (C=O) groups excluding carboxylic acids is 3. The zero-order valence-electron chi connectivity index (χ0n) is 16.1. The van der Waals surface area contributed by atoms with Crippen molar-refractivity contribution in [2.45, 2.75) is 57.3 Å². The van der Waals surface area contributed by atoms with Crippen molar-refractivity contribution < 1.29 is 34.2 Å². The number of rotatable bonds is 13. The summed E-state index contributed by atoms with van der Waals surface area (Å²) in [5.74, 6) is -3.95. The van der Waals surface area contributed by atoms with Gasteiger partial charge in [-0.15, -0.1) is 0 Å². The van der Waals surface area contributed by atoms with Gasteiger partial charge in [0, 0.05) is 6.42 Å². The summed E-state index contributed by atoms with van der Waals surface area (Å²) < 4.78 is 0. The molecule has 0 aromatic rings. The van der Waals surface area contributed by atoms with Crippen LogP contribution in [-0.2, 0) is 24.0 Å². The summed E-state index contributed by atoms with van der Waals surface area (Å²) in [6.45, 7) is 2.75. The predicted octanol–water partition coefficient (Wildman–Crippen LogP) is -1.49. The van der Waals surface area contributed by atoms with Crippen molar-refractivity contribution in [1.82, 2.24) is 16.0 Å². The molecule has 0 aromatic carbocycles. The molecule has 12 heteroatoms. The number of aliphatic carboxylic acids is 2. The van der Waals surface area contributed by atoms with Crippen LogP contribution in [0.1, 0.15) is 33.1 Å². The van der Waals surface area contributed by atoms with Crippen LogP contribution in [0.4, 0.5) is 0 Å². The molecule has 11 nitrogen and oxygen atoms in total. The first kappa shape index (κ1) is 25.7. The van der Waals surface area contributed by atoms with Crippen LogP contribution in [0.15, 0.2) is 0 Å². The number of carboxylic acids is 2. The van der Waals surface area contributed by atoms with E-state index in [-0.39, 0.29) is 19.3 Å². The van der Waals surface area contributed by atoms with E-state index in [4.69, 9.17) is 15.9 Å². The van der Waals surface area contributed by atoms with Crippen molar-refractivity contribution in [2.75, 3.05) is 12.0 Å². The summed E-state index contributed by atoms with van der Waals surface area (Å²) in [4.78, 5) is 58.2. The van der Waals surface area contributed by atoms with Crippen LogP contribution in [0.25, 0.3) is 0 Å². The Morgan fingerprint density at radius 1 is 0.893 bits per heavy atom. The standard InChI is InChI=1S/C16H28N4O7S/c1-8(17)13(23)19-10(4-5-12(21)22)15(25)18-9(2)14(24)20-11(16(26)27)6-7-28-3/h8-11H,4-7,17H2,1-3H3,(H,18,25)(H,19,23)(H,20,24)(H,21,22)(H,26,27). The van der Waals surface area contributed by atoms with Crippen LogP contribution in [0.2, 0.25) is 0 Å². The molecule has 0 fully saturated rings. The van der Waals surface area contributed by atoms with E-state index in [1.165, 1.54) is 25.6 Å². The Balaban J connectivity index is 4.95. The molecule has 0 aliphatic rings. The highest BCUT2D eigenvalue weighted by molar-refractivity contribution is 7.98. The normalized spacial score (nSPS) is 14.9. The molecule has 28 heavy (non-hydrogen) atoms.